The Kier molecular flexibility index (Phi) is 5.73. The Bertz CT molecular complexity index is 892. The molecule has 28 heavy (non-hydrogen) atoms. The summed E-state index contributed by atoms with van der Waals surface area (Å²) >= 11 is 0. The largest absolute Gasteiger partial charge is 0.462 e. The van der Waals surface area contributed by atoms with E-state index in [4.69, 9.17) is 4.74 Å². The summed E-state index contributed by atoms with van der Waals surface area (Å²) in [5, 5.41) is 5.35. The topological polar surface area (TPSA) is 84.5 Å². The van der Waals surface area contributed by atoms with E-state index in [9.17, 15) is 18.8 Å². The Labute approximate surface area is 162 Å². The molecule has 0 atom stereocenters. The van der Waals surface area contributed by atoms with Crippen LogP contribution in [0, 0.1) is 11.2 Å². The SMILES string of the molecule is CCOC(=O)c1ccc(NC(=O)C2(C(=O)NCc3ccccc3F)CC2)cc1. The quantitative estimate of drug-likeness (QED) is 0.568. The normalized spacial score (nSPS) is 14.1. The van der Waals surface area contributed by atoms with Crippen LogP contribution in [0.25, 0.3) is 0 Å². The third-order valence-corrected chi connectivity index (χ3v) is 4.67. The van der Waals surface area contributed by atoms with Crippen molar-refractivity contribution >= 4 is 23.5 Å². The van der Waals surface area contributed by atoms with Crippen molar-refractivity contribution < 1.29 is 23.5 Å². The molecule has 0 saturated heterocycles. The van der Waals surface area contributed by atoms with Crippen LogP contribution in [0.1, 0.15) is 35.7 Å². The number of hydrogen-bond acceptors (Lipinski definition) is 4. The predicted octanol–water partition coefficient (Wildman–Crippen LogP) is 3.04. The fraction of sp³-hybridized carbons (Fsp3) is 0.286. The number of halogens is 1. The van der Waals surface area contributed by atoms with Crippen LogP contribution in [0.2, 0.25) is 0 Å². The zero-order valence-electron chi connectivity index (χ0n) is 15.5. The highest BCUT2D eigenvalue weighted by atomic mass is 19.1. The molecule has 2 N–H and O–H groups in total. The van der Waals surface area contributed by atoms with E-state index in [-0.39, 0.29) is 13.2 Å². The lowest BCUT2D eigenvalue weighted by atomic mass is 10.0. The van der Waals surface area contributed by atoms with Crippen LogP contribution in [0.15, 0.2) is 48.5 Å². The molecular weight excluding hydrogens is 363 g/mol. The maximum absolute atomic E-state index is 13.7. The molecule has 0 radical (unpaired) electrons. The molecule has 1 aliphatic rings. The van der Waals surface area contributed by atoms with E-state index in [0.717, 1.165) is 0 Å². The zero-order chi connectivity index (χ0) is 20.1. The highest BCUT2D eigenvalue weighted by Gasteiger charge is 2.56. The molecule has 6 nitrogen and oxygen atoms in total. The first-order valence-electron chi connectivity index (χ1n) is 9.06. The Morgan fingerprint density at radius 3 is 2.32 bits per heavy atom. The van der Waals surface area contributed by atoms with Gasteiger partial charge in [0.15, 0.2) is 0 Å². The van der Waals surface area contributed by atoms with Gasteiger partial charge in [0.2, 0.25) is 11.8 Å². The van der Waals surface area contributed by atoms with E-state index in [1.165, 1.54) is 6.07 Å². The number of hydrogen-bond donors (Lipinski definition) is 2. The van der Waals surface area contributed by atoms with Gasteiger partial charge in [-0.2, -0.15) is 0 Å². The second-order valence-electron chi connectivity index (χ2n) is 6.61. The molecule has 1 fully saturated rings. The molecule has 2 amide bonds. The number of carbonyl (C=O) groups is 3. The van der Waals surface area contributed by atoms with Gasteiger partial charge in [-0.15, -0.1) is 0 Å². The predicted molar refractivity (Wildman–Crippen MR) is 101 cm³/mol. The Morgan fingerprint density at radius 2 is 1.71 bits per heavy atom. The van der Waals surface area contributed by atoms with Crippen molar-refractivity contribution in [1.29, 1.82) is 0 Å². The number of benzene rings is 2. The van der Waals surface area contributed by atoms with Crippen molar-refractivity contribution in [2.24, 2.45) is 5.41 Å². The summed E-state index contributed by atoms with van der Waals surface area (Å²) in [4.78, 5) is 36.8. The maximum atomic E-state index is 13.7. The molecule has 0 unspecified atom stereocenters. The first-order valence-corrected chi connectivity index (χ1v) is 9.06. The van der Waals surface area contributed by atoms with E-state index in [1.54, 1.807) is 49.4 Å². The number of anilines is 1. The summed E-state index contributed by atoms with van der Waals surface area (Å²) in [6.07, 6.45) is 0.867. The van der Waals surface area contributed by atoms with Crippen LogP contribution in [0.3, 0.4) is 0 Å². The average molecular weight is 384 g/mol. The second-order valence-corrected chi connectivity index (χ2v) is 6.61. The summed E-state index contributed by atoms with van der Waals surface area (Å²) in [6.45, 7) is 2.02. The van der Waals surface area contributed by atoms with E-state index >= 15 is 0 Å². The molecule has 2 aromatic carbocycles. The minimum absolute atomic E-state index is 0.0226. The van der Waals surface area contributed by atoms with Crippen LogP contribution in [-0.4, -0.2) is 24.4 Å². The van der Waals surface area contributed by atoms with Crippen molar-refractivity contribution in [2.75, 3.05) is 11.9 Å². The zero-order valence-corrected chi connectivity index (χ0v) is 15.5. The summed E-state index contributed by atoms with van der Waals surface area (Å²) in [5.74, 6) is -1.68. The van der Waals surface area contributed by atoms with Gasteiger partial charge in [0.1, 0.15) is 11.2 Å². The van der Waals surface area contributed by atoms with Gasteiger partial charge < -0.3 is 15.4 Å². The van der Waals surface area contributed by atoms with Gasteiger partial charge >= 0.3 is 5.97 Å². The monoisotopic (exact) mass is 384 g/mol. The molecular formula is C21H21FN2O4. The third-order valence-electron chi connectivity index (χ3n) is 4.67. The summed E-state index contributed by atoms with van der Waals surface area (Å²) in [6, 6.07) is 12.4. The van der Waals surface area contributed by atoms with Crippen molar-refractivity contribution in [3.8, 4) is 0 Å². The molecule has 2 aromatic rings. The minimum Gasteiger partial charge on any atom is -0.462 e. The molecule has 146 valence electrons. The van der Waals surface area contributed by atoms with Crippen LogP contribution >= 0.6 is 0 Å². The number of carbonyl (C=O) groups excluding carboxylic acids is 3. The molecule has 0 bridgehead atoms. The lowest BCUT2D eigenvalue weighted by Gasteiger charge is -2.16. The number of amides is 2. The van der Waals surface area contributed by atoms with E-state index < -0.39 is 29.0 Å². The molecule has 0 aromatic heterocycles. The molecule has 1 saturated carbocycles. The molecule has 0 spiro atoms. The van der Waals surface area contributed by atoms with E-state index in [1.807, 2.05) is 0 Å². The molecule has 3 rings (SSSR count). The number of nitrogens with one attached hydrogen (secondary N) is 2. The van der Waals surface area contributed by atoms with E-state index in [2.05, 4.69) is 10.6 Å². The first kappa shape index (κ1) is 19.5. The highest BCUT2D eigenvalue weighted by molar-refractivity contribution is 6.13. The second kappa shape index (κ2) is 8.21. The van der Waals surface area contributed by atoms with Crippen LogP contribution in [0.4, 0.5) is 10.1 Å². The lowest BCUT2D eigenvalue weighted by Crippen LogP contribution is -2.39. The van der Waals surface area contributed by atoms with Crippen molar-refractivity contribution in [2.45, 2.75) is 26.3 Å². The van der Waals surface area contributed by atoms with Crippen molar-refractivity contribution in [3.63, 3.8) is 0 Å². The maximum Gasteiger partial charge on any atom is 0.338 e. The van der Waals surface area contributed by atoms with Gasteiger partial charge in [0, 0.05) is 17.8 Å². The highest BCUT2D eigenvalue weighted by Crippen LogP contribution is 2.46. The van der Waals surface area contributed by atoms with Gasteiger partial charge in [-0.1, -0.05) is 18.2 Å². The summed E-state index contributed by atoms with van der Waals surface area (Å²) in [7, 11) is 0. The Hall–Kier alpha value is -3.22. The summed E-state index contributed by atoms with van der Waals surface area (Å²) < 4.78 is 18.6. The van der Waals surface area contributed by atoms with Crippen LogP contribution in [0.5, 0.6) is 0 Å². The smallest absolute Gasteiger partial charge is 0.338 e. The number of esters is 1. The molecule has 0 heterocycles. The summed E-state index contributed by atoms with van der Waals surface area (Å²) in [5.41, 5.74) is 0.0851. The van der Waals surface area contributed by atoms with Crippen LogP contribution in [-0.2, 0) is 20.9 Å². The lowest BCUT2D eigenvalue weighted by molar-refractivity contribution is -0.134. The van der Waals surface area contributed by atoms with Crippen LogP contribution < -0.4 is 10.6 Å². The fourth-order valence-electron chi connectivity index (χ4n) is 2.82. The first-order chi connectivity index (χ1) is 13.5. The van der Waals surface area contributed by atoms with Gasteiger partial charge in [-0.05, 0) is 50.1 Å². The standard InChI is InChI=1S/C21H21FN2O4/c1-2-28-18(25)14-7-9-16(10-8-14)24-20(27)21(11-12-21)19(26)23-13-15-5-3-4-6-17(15)22/h3-10H,2,11-13H2,1H3,(H,23,26)(H,24,27). The Balaban J connectivity index is 1.59. The third kappa shape index (κ3) is 4.19. The van der Waals surface area contributed by atoms with Gasteiger partial charge in [-0.3, -0.25) is 9.59 Å². The van der Waals surface area contributed by atoms with Crippen molar-refractivity contribution in [1.82, 2.24) is 5.32 Å². The Morgan fingerprint density at radius 1 is 1.04 bits per heavy atom. The molecule has 7 heteroatoms. The van der Waals surface area contributed by atoms with Gasteiger partial charge in [0.25, 0.3) is 0 Å². The molecule has 1 aliphatic carbocycles. The van der Waals surface area contributed by atoms with Crippen molar-refractivity contribution in [3.05, 3.63) is 65.5 Å². The van der Waals surface area contributed by atoms with Gasteiger partial charge in [0.05, 0.1) is 12.2 Å². The number of rotatable bonds is 7. The van der Waals surface area contributed by atoms with E-state index in [0.29, 0.717) is 29.7 Å². The fourth-order valence-corrected chi connectivity index (χ4v) is 2.82. The molecule has 0 aliphatic heterocycles. The minimum atomic E-state index is -1.13. The average Bonchev–Trinajstić information content (AvgIpc) is 3.50. The number of ether oxygens (including phenoxy) is 1. The van der Waals surface area contributed by atoms with Gasteiger partial charge in [-0.25, -0.2) is 9.18 Å².